The molecule has 21 heavy (non-hydrogen) atoms. The Morgan fingerprint density at radius 1 is 1.10 bits per heavy atom. The number of carboxylic acids is 2. The normalized spacial score (nSPS) is 15.0. The van der Waals surface area contributed by atoms with Gasteiger partial charge < -0.3 is 10.2 Å². The van der Waals surface area contributed by atoms with Gasteiger partial charge in [-0.05, 0) is 12.1 Å². The van der Waals surface area contributed by atoms with Gasteiger partial charge in [-0.1, -0.05) is 12.1 Å². The number of rotatable bonds is 6. The summed E-state index contributed by atoms with van der Waals surface area (Å²) in [5, 5.41) is 17.8. The maximum atomic E-state index is 12.2. The molecular weight excluding hydrogens is 298 g/mol. The minimum atomic E-state index is -1.39. The summed E-state index contributed by atoms with van der Waals surface area (Å²) >= 11 is 0.841. The van der Waals surface area contributed by atoms with Gasteiger partial charge in [0, 0.05) is 5.75 Å². The summed E-state index contributed by atoms with van der Waals surface area (Å²) in [6, 6.07) is 4.70. The van der Waals surface area contributed by atoms with Gasteiger partial charge in [0.2, 0.25) is 0 Å². The van der Waals surface area contributed by atoms with Crippen molar-refractivity contribution in [2.75, 3.05) is 11.5 Å². The number of imide groups is 1. The first kappa shape index (κ1) is 15.0. The third-order valence-electron chi connectivity index (χ3n) is 2.92. The number of carbonyl (C=O) groups excluding carboxylic acids is 2. The molecule has 0 saturated carbocycles. The van der Waals surface area contributed by atoms with Crippen molar-refractivity contribution < 1.29 is 29.4 Å². The Kier molecular flexibility index (Phi) is 4.27. The number of nitrogens with zero attached hydrogens (tertiary/aromatic N) is 1. The second-order valence-electron chi connectivity index (χ2n) is 4.29. The van der Waals surface area contributed by atoms with Crippen molar-refractivity contribution in [1.82, 2.24) is 4.90 Å². The van der Waals surface area contributed by atoms with Crippen molar-refractivity contribution in [2.45, 2.75) is 6.04 Å². The number of aliphatic carboxylic acids is 2. The van der Waals surface area contributed by atoms with Gasteiger partial charge in [0.1, 0.15) is 6.04 Å². The van der Waals surface area contributed by atoms with Gasteiger partial charge in [0.05, 0.1) is 16.9 Å². The fourth-order valence-electron chi connectivity index (χ4n) is 2.01. The second kappa shape index (κ2) is 5.96. The van der Waals surface area contributed by atoms with Crippen LogP contribution in [0.25, 0.3) is 0 Å². The molecule has 2 amide bonds. The molecule has 1 aromatic carbocycles. The lowest BCUT2D eigenvalue weighted by atomic mass is 10.1. The molecule has 1 heterocycles. The van der Waals surface area contributed by atoms with E-state index in [-0.39, 0.29) is 22.6 Å². The van der Waals surface area contributed by atoms with Crippen LogP contribution in [-0.4, -0.2) is 56.4 Å². The topological polar surface area (TPSA) is 112 Å². The molecule has 2 N–H and O–H groups in total. The van der Waals surface area contributed by atoms with Gasteiger partial charge in [-0.25, -0.2) is 4.79 Å². The highest BCUT2D eigenvalue weighted by Crippen LogP contribution is 2.25. The van der Waals surface area contributed by atoms with E-state index < -0.39 is 29.8 Å². The maximum Gasteiger partial charge on any atom is 0.327 e. The van der Waals surface area contributed by atoms with Crippen molar-refractivity contribution in [3.8, 4) is 0 Å². The maximum absolute atomic E-state index is 12.2. The van der Waals surface area contributed by atoms with Crippen LogP contribution in [0.4, 0.5) is 0 Å². The smallest absolute Gasteiger partial charge is 0.327 e. The predicted molar refractivity (Wildman–Crippen MR) is 73.3 cm³/mol. The Hall–Kier alpha value is -2.35. The number of benzene rings is 1. The molecule has 1 aromatic rings. The largest absolute Gasteiger partial charge is 0.481 e. The highest BCUT2D eigenvalue weighted by atomic mass is 32.2. The van der Waals surface area contributed by atoms with Crippen LogP contribution in [0, 0.1) is 0 Å². The SMILES string of the molecule is O=C(O)CSC[C@@H](C(=O)O)N1C(=O)c2ccccc2C1=O. The second-order valence-corrected chi connectivity index (χ2v) is 5.32. The van der Waals surface area contributed by atoms with Gasteiger partial charge in [-0.2, -0.15) is 0 Å². The first-order valence-electron chi connectivity index (χ1n) is 5.92. The Balaban J connectivity index is 2.22. The van der Waals surface area contributed by atoms with Crippen LogP contribution in [0.15, 0.2) is 24.3 Å². The average Bonchev–Trinajstić information content (AvgIpc) is 2.68. The summed E-state index contributed by atoms with van der Waals surface area (Å²) in [7, 11) is 0. The molecule has 0 saturated heterocycles. The molecule has 2 rings (SSSR count). The van der Waals surface area contributed by atoms with E-state index in [0.29, 0.717) is 4.90 Å². The lowest BCUT2D eigenvalue weighted by Gasteiger charge is -2.21. The lowest BCUT2D eigenvalue weighted by molar-refractivity contribution is -0.141. The van der Waals surface area contributed by atoms with E-state index in [0.717, 1.165) is 11.8 Å². The lowest BCUT2D eigenvalue weighted by Crippen LogP contribution is -2.46. The summed E-state index contributed by atoms with van der Waals surface area (Å²) in [5.74, 6) is -4.24. The monoisotopic (exact) mass is 309 g/mol. The first-order chi connectivity index (χ1) is 9.93. The molecule has 1 atom stereocenters. The third-order valence-corrected chi connectivity index (χ3v) is 3.93. The van der Waals surface area contributed by atoms with Gasteiger partial charge in [0.15, 0.2) is 0 Å². The highest BCUT2D eigenvalue weighted by molar-refractivity contribution is 8.00. The zero-order chi connectivity index (χ0) is 15.6. The quantitative estimate of drug-likeness (QED) is 0.738. The van der Waals surface area contributed by atoms with E-state index in [4.69, 9.17) is 5.11 Å². The van der Waals surface area contributed by atoms with Crippen molar-refractivity contribution in [1.29, 1.82) is 0 Å². The molecule has 0 aliphatic carbocycles. The average molecular weight is 309 g/mol. The van der Waals surface area contributed by atoms with Crippen LogP contribution in [0.2, 0.25) is 0 Å². The zero-order valence-corrected chi connectivity index (χ0v) is 11.5. The van der Waals surface area contributed by atoms with Crippen LogP contribution in [0.1, 0.15) is 20.7 Å². The number of thioether (sulfide) groups is 1. The molecule has 1 aliphatic rings. The van der Waals surface area contributed by atoms with Crippen LogP contribution < -0.4 is 0 Å². The molecule has 1 aliphatic heterocycles. The van der Waals surface area contributed by atoms with E-state index in [9.17, 15) is 24.3 Å². The molecular formula is C13H11NO6S. The molecule has 110 valence electrons. The predicted octanol–water partition coefficient (Wildman–Crippen LogP) is 0.554. The van der Waals surface area contributed by atoms with E-state index in [2.05, 4.69) is 0 Å². The summed E-state index contributed by atoms with van der Waals surface area (Å²) in [5.41, 5.74) is 0.328. The van der Waals surface area contributed by atoms with E-state index >= 15 is 0 Å². The zero-order valence-electron chi connectivity index (χ0n) is 10.7. The number of amides is 2. The van der Waals surface area contributed by atoms with E-state index in [1.54, 1.807) is 12.1 Å². The molecule has 0 spiro atoms. The number of fused-ring (bicyclic) bond motifs is 1. The number of hydrogen-bond donors (Lipinski definition) is 2. The molecule has 7 nitrogen and oxygen atoms in total. The van der Waals surface area contributed by atoms with Gasteiger partial charge >= 0.3 is 11.9 Å². The molecule has 0 bridgehead atoms. The molecule has 0 aromatic heterocycles. The molecule has 0 unspecified atom stereocenters. The minimum Gasteiger partial charge on any atom is -0.481 e. The van der Waals surface area contributed by atoms with Crippen LogP contribution in [-0.2, 0) is 9.59 Å². The summed E-state index contributed by atoms with van der Waals surface area (Å²) in [6.07, 6.45) is 0. The Morgan fingerprint density at radius 2 is 1.62 bits per heavy atom. The highest BCUT2D eigenvalue weighted by Gasteiger charge is 2.42. The molecule has 8 heteroatoms. The van der Waals surface area contributed by atoms with Crippen molar-refractivity contribution in [2.24, 2.45) is 0 Å². The Bertz CT molecular complexity index is 594. The number of hydrogen-bond acceptors (Lipinski definition) is 5. The fraction of sp³-hybridized carbons (Fsp3) is 0.231. The minimum absolute atomic E-state index is 0.164. The van der Waals surface area contributed by atoms with Gasteiger partial charge in [-0.3, -0.25) is 19.3 Å². The van der Waals surface area contributed by atoms with Crippen molar-refractivity contribution >= 4 is 35.5 Å². The number of carboxylic acid groups (broad SMARTS) is 2. The van der Waals surface area contributed by atoms with Crippen LogP contribution in [0.5, 0.6) is 0 Å². The standard InChI is InChI=1S/C13H11NO6S/c15-10(16)6-21-5-9(13(19)20)14-11(17)7-3-1-2-4-8(7)12(14)18/h1-4,9H,5-6H2,(H,15,16)(H,19,20)/t9-/m0/s1. The van der Waals surface area contributed by atoms with Crippen molar-refractivity contribution in [3.63, 3.8) is 0 Å². The summed E-state index contributed by atoms with van der Waals surface area (Å²) in [4.78, 5) is 46.8. The van der Waals surface area contributed by atoms with Crippen LogP contribution in [0.3, 0.4) is 0 Å². The first-order valence-corrected chi connectivity index (χ1v) is 7.08. The summed E-state index contributed by atoms with van der Waals surface area (Å²) < 4.78 is 0. The third kappa shape index (κ3) is 2.89. The van der Waals surface area contributed by atoms with E-state index in [1.807, 2.05) is 0 Å². The number of carbonyl (C=O) groups is 4. The van der Waals surface area contributed by atoms with Crippen molar-refractivity contribution in [3.05, 3.63) is 35.4 Å². The fourth-order valence-corrected chi connectivity index (χ4v) is 2.81. The van der Waals surface area contributed by atoms with E-state index in [1.165, 1.54) is 12.1 Å². The molecule has 0 fully saturated rings. The Labute approximate surface area is 123 Å². The van der Waals surface area contributed by atoms with Gasteiger partial charge in [0.25, 0.3) is 11.8 Å². The Morgan fingerprint density at radius 3 is 2.05 bits per heavy atom. The van der Waals surface area contributed by atoms with Crippen LogP contribution >= 0.6 is 11.8 Å². The van der Waals surface area contributed by atoms with Gasteiger partial charge in [-0.15, -0.1) is 11.8 Å². The molecule has 0 radical (unpaired) electrons. The summed E-state index contributed by atoms with van der Waals surface area (Å²) in [6.45, 7) is 0.